The molecular formula is C17H22N2. The van der Waals surface area contributed by atoms with E-state index >= 15 is 0 Å². The first-order valence-electron chi connectivity index (χ1n) is 6.83. The van der Waals surface area contributed by atoms with Crippen molar-refractivity contribution in [1.29, 1.82) is 0 Å². The standard InChI is InChI=1S/C17H22N2/c1-13(2)8-7-11-16(14(3)4)19-12-18-15-9-5-6-10-17(15)19/h5-6,9-10,12H,1,7-8,11H2,2-4H3. The van der Waals surface area contributed by atoms with Gasteiger partial charge in [-0.15, -0.1) is 6.58 Å². The maximum atomic E-state index is 4.48. The summed E-state index contributed by atoms with van der Waals surface area (Å²) in [6.07, 6.45) is 5.23. The van der Waals surface area contributed by atoms with E-state index < -0.39 is 0 Å². The summed E-state index contributed by atoms with van der Waals surface area (Å²) in [6, 6.07) is 8.28. The van der Waals surface area contributed by atoms with Gasteiger partial charge in [0.05, 0.1) is 11.0 Å². The maximum absolute atomic E-state index is 4.48. The molecule has 0 N–H and O–H groups in total. The van der Waals surface area contributed by atoms with Crippen molar-refractivity contribution in [3.05, 3.63) is 48.3 Å². The zero-order valence-corrected chi connectivity index (χ0v) is 12.1. The van der Waals surface area contributed by atoms with Gasteiger partial charge in [0.15, 0.2) is 0 Å². The Hall–Kier alpha value is -1.83. The van der Waals surface area contributed by atoms with Crippen molar-refractivity contribution in [2.45, 2.75) is 40.0 Å². The van der Waals surface area contributed by atoms with Gasteiger partial charge in [0.1, 0.15) is 6.33 Å². The van der Waals surface area contributed by atoms with Gasteiger partial charge in [-0.2, -0.15) is 0 Å². The molecule has 2 aromatic rings. The van der Waals surface area contributed by atoms with Crippen LogP contribution in [0.4, 0.5) is 0 Å². The van der Waals surface area contributed by atoms with Gasteiger partial charge in [0.25, 0.3) is 0 Å². The maximum Gasteiger partial charge on any atom is 0.100 e. The Bertz CT molecular complexity index is 613. The highest BCUT2D eigenvalue weighted by Crippen LogP contribution is 2.24. The molecule has 0 spiro atoms. The Balaban J connectivity index is 2.30. The van der Waals surface area contributed by atoms with E-state index in [4.69, 9.17) is 0 Å². The molecule has 2 nitrogen and oxygen atoms in total. The number of para-hydroxylation sites is 2. The Morgan fingerprint density at radius 2 is 1.89 bits per heavy atom. The molecular weight excluding hydrogens is 232 g/mol. The van der Waals surface area contributed by atoms with Gasteiger partial charge in [-0.05, 0) is 52.2 Å². The molecule has 1 heterocycles. The Morgan fingerprint density at radius 1 is 1.16 bits per heavy atom. The lowest BCUT2D eigenvalue weighted by atomic mass is 10.1. The highest BCUT2D eigenvalue weighted by atomic mass is 15.1. The predicted molar refractivity (Wildman–Crippen MR) is 83.0 cm³/mol. The van der Waals surface area contributed by atoms with Crippen molar-refractivity contribution in [3.8, 4) is 0 Å². The van der Waals surface area contributed by atoms with Gasteiger partial charge >= 0.3 is 0 Å². The van der Waals surface area contributed by atoms with Crippen LogP contribution in [0.3, 0.4) is 0 Å². The number of rotatable bonds is 5. The number of fused-ring (bicyclic) bond motifs is 1. The Kier molecular flexibility index (Phi) is 4.20. The molecule has 0 saturated carbocycles. The highest BCUT2D eigenvalue weighted by molar-refractivity contribution is 5.79. The Labute approximate surface area is 115 Å². The molecule has 0 saturated heterocycles. The first-order valence-corrected chi connectivity index (χ1v) is 6.83. The summed E-state index contributed by atoms with van der Waals surface area (Å²) in [5, 5.41) is 0. The molecule has 1 aromatic heterocycles. The average Bonchev–Trinajstić information content (AvgIpc) is 2.77. The quantitative estimate of drug-likeness (QED) is 0.684. The number of hydrogen-bond donors (Lipinski definition) is 0. The van der Waals surface area contributed by atoms with Crippen LogP contribution < -0.4 is 0 Å². The van der Waals surface area contributed by atoms with Crippen LogP contribution in [0.25, 0.3) is 16.7 Å². The van der Waals surface area contributed by atoms with Gasteiger partial charge in [0.2, 0.25) is 0 Å². The zero-order chi connectivity index (χ0) is 13.8. The molecule has 0 amide bonds. The van der Waals surface area contributed by atoms with Crippen LogP contribution in [0, 0.1) is 0 Å². The number of nitrogens with zero attached hydrogens (tertiary/aromatic N) is 2. The van der Waals surface area contributed by atoms with Gasteiger partial charge in [-0.25, -0.2) is 4.98 Å². The van der Waals surface area contributed by atoms with Crippen molar-refractivity contribution in [2.75, 3.05) is 0 Å². The Morgan fingerprint density at radius 3 is 2.58 bits per heavy atom. The van der Waals surface area contributed by atoms with Gasteiger partial charge in [-0.1, -0.05) is 23.3 Å². The smallest absolute Gasteiger partial charge is 0.100 e. The summed E-state index contributed by atoms with van der Waals surface area (Å²) < 4.78 is 2.23. The minimum atomic E-state index is 1.06. The molecule has 1 aromatic carbocycles. The molecule has 100 valence electrons. The van der Waals surface area contributed by atoms with Crippen molar-refractivity contribution in [2.24, 2.45) is 0 Å². The van der Waals surface area contributed by atoms with E-state index in [1.165, 1.54) is 22.4 Å². The van der Waals surface area contributed by atoms with E-state index in [2.05, 4.69) is 55.1 Å². The number of benzene rings is 1. The third-order valence-corrected chi connectivity index (χ3v) is 3.34. The molecule has 0 aliphatic carbocycles. The summed E-state index contributed by atoms with van der Waals surface area (Å²) >= 11 is 0. The highest BCUT2D eigenvalue weighted by Gasteiger charge is 2.07. The van der Waals surface area contributed by atoms with Crippen molar-refractivity contribution < 1.29 is 0 Å². The van der Waals surface area contributed by atoms with E-state index in [1.54, 1.807) is 0 Å². The fourth-order valence-electron chi connectivity index (χ4n) is 2.34. The minimum absolute atomic E-state index is 1.06. The lowest BCUT2D eigenvalue weighted by molar-refractivity contribution is 0.812. The molecule has 0 radical (unpaired) electrons. The van der Waals surface area contributed by atoms with E-state index in [0.717, 1.165) is 24.8 Å². The largest absolute Gasteiger partial charge is 0.303 e. The van der Waals surface area contributed by atoms with Crippen molar-refractivity contribution in [1.82, 2.24) is 9.55 Å². The summed E-state index contributed by atoms with van der Waals surface area (Å²) in [5.74, 6) is 0. The van der Waals surface area contributed by atoms with Crippen LogP contribution in [-0.4, -0.2) is 9.55 Å². The topological polar surface area (TPSA) is 17.8 Å². The van der Waals surface area contributed by atoms with Gasteiger partial charge in [0, 0.05) is 5.70 Å². The number of hydrogen-bond acceptors (Lipinski definition) is 1. The second kappa shape index (κ2) is 5.87. The lowest BCUT2D eigenvalue weighted by Crippen LogP contribution is -1.98. The molecule has 0 aliphatic rings. The fraction of sp³-hybridized carbons (Fsp3) is 0.353. The van der Waals surface area contributed by atoms with Crippen LogP contribution in [-0.2, 0) is 0 Å². The van der Waals surface area contributed by atoms with Crippen LogP contribution in [0.2, 0.25) is 0 Å². The molecule has 2 rings (SSSR count). The lowest BCUT2D eigenvalue weighted by Gasteiger charge is -2.12. The van der Waals surface area contributed by atoms with Crippen LogP contribution >= 0.6 is 0 Å². The molecule has 0 unspecified atom stereocenters. The fourth-order valence-corrected chi connectivity index (χ4v) is 2.34. The van der Waals surface area contributed by atoms with E-state index in [9.17, 15) is 0 Å². The molecule has 0 bridgehead atoms. The molecule has 0 aliphatic heterocycles. The summed E-state index contributed by atoms with van der Waals surface area (Å²) in [5.41, 5.74) is 6.21. The predicted octanol–water partition coefficient (Wildman–Crippen LogP) is 5.03. The van der Waals surface area contributed by atoms with E-state index in [-0.39, 0.29) is 0 Å². The first kappa shape index (κ1) is 13.6. The van der Waals surface area contributed by atoms with Gasteiger partial charge < -0.3 is 4.57 Å². The second-order valence-electron chi connectivity index (χ2n) is 5.36. The molecule has 19 heavy (non-hydrogen) atoms. The molecule has 2 heteroatoms. The van der Waals surface area contributed by atoms with Gasteiger partial charge in [-0.3, -0.25) is 0 Å². The van der Waals surface area contributed by atoms with E-state index in [0.29, 0.717) is 0 Å². The van der Waals surface area contributed by atoms with Crippen LogP contribution in [0.1, 0.15) is 40.0 Å². The van der Waals surface area contributed by atoms with Crippen LogP contribution in [0.15, 0.2) is 48.3 Å². The summed E-state index contributed by atoms with van der Waals surface area (Å²) in [7, 11) is 0. The van der Waals surface area contributed by atoms with Crippen molar-refractivity contribution >= 4 is 16.7 Å². The minimum Gasteiger partial charge on any atom is -0.303 e. The zero-order valence-electron chi connectivity index (χ0n) is 12.1. The molecule has 0 fully saturated rings. The third-order valence-electron chi connectivity index (χ3n) is 3.34. The third kappa shape index (κ3) is 3.14. The average molecular weight is 254 g/mol. The van der Waals surface area contributed by atoms with Crippen molar-refractivity contribution in [3.63, 3.8) is 0 Å². The summed E-state index contributed by atoms with van der Waals surface area (Å²) in [6.45, 7) is 10.4. The normalized spacial score (nSPS) is 10.7. The molecule has 0 atom stereocenters. The number of allylic oxidation sites excluding steroid dienone is 3. The van der Waals surface area contributed by atoms with E-state index in [1.807, 2.05) is 12.4 Å². The summed E-state index contributed by atoms with van der Waals surface area (Å²) in [4.78, 5) is 4.48. The first-order chi connectivity index (χ1) is 9.09. The monoisotopic (exact) mass is 254 g/mol. The number of imidazole rings is 1. The second-order valence-corrected chi connectivity index (χ2v) is 5.36. The van der Waals surface area contributed by atoms with Crippen LogP contribution in [0.5, 0.6) is 0 Å². The number of aromatic nitrogens is 2. The SMILES string of the molecule is C=C(C)CCCC(=C(C)C)n1cnc2ccccc21.